The zero-order valence-corrected chi connectivity index (χ0v) is 14.8. The molecule has 0 spiro atoms. The summed E-state index contributed by atoms with van der Waals surface area (Å²) in [4.78, 5) is 12.4. The lowest BCUT2D eigenvalue weighted by atomic mass is 10.1. The molecule has 0 radical (unpaired) electrons. The van der Waals surface area contributed by atoms with Crippen LogP contribution < -0.4 is 10.0 Å². The van der Waals surface area contributed by atoms with Gasteiger partial charge in [-0.1, -0.05) is 48.0 Å². The summed E-state index contributed by atoms with van der Waals surface area (Å²) < 4.78 is 27.1. The van der Waals surface area contributed by atoms with Crippen LogP contribution in [-0.4, -0.2) is 20.4 Å². The van der Waals surface area contributed by atoms with Crippen molar-refractivity contribution in [3.05, 3.63) is 65.7 Å². The van der Waals surface area contributed by atoms with E-state index in [-0.39, 0.29) is 16.8 Å². The van der Waals surface area contributed by atoms with E-state index in [4.69, 9.17) is 0 Å². The highest BCUT2D eigenvalue weighted by Crippen LogP contribution is 2.13. The summed E-state index contributed by atoms with van der Waals surface area (Å²) in [5, 5.41) is 2.81. The van der Waals surface area contributed by atoms with Gasteiger partial charge in [0.15, 0.2) is 0 Å². The molecule has 0 unspecified atom stereocenters. The lowest BCUT2D eigenvalue weighted by Crippen LogP contribution is -2.45. The van der Waals surface area contributed by atoms with Gasteiger partial charge in [-0.15, -0.1) is 0 Å². The average molecular weight is 346 g/mol. The van der Waals surface area contributed by atoms with Gasteiger partial charge >= 0.3 is 0 Å². The van der Waals surface area contributed by atoms with Gasteiger partial charge in [-0.25, -0.2) is 8.42 Å². The van der Waals surface area contributed by atoms with Crippen LogP contribution in [0.15, 0.2) is 59.5 Å². The molecule has 128 valence electrons. The van der Waals surface area contributed by atoms with E-state index in [9.17, 15) is 13.2 Å². The molecule has 24 heavy (non-hydrogen) atoms. The van der Waals surface area contributed by atoms with E-state index in [0.717, 1.165) is 11.1 Å². The summed E-state index contributed by atoms with van der Waals surface area (Å²) in [6, 6.07) is 14.9. The first-order valence-corrected chi connectivity index (χ1v) is 9.22. The van der Waals surface area contributed by atoms with Crippen LogP contribution in [0.25, 0.3) is 0 Å². The molecular formula is C18H22N2O3S. The second kappa shape index (κ2) is 7.59. The molecule has 0 bridgehead atoms. The van der Waals surface area contributed by atoms with E-state index < -0.39 is 16.1 Å². The molecule has 0 heterocycles. The normalized spacial score (nSPS) is 14.0. The van der Waals surface area contributed by atoms with Gasteiger partial charge < -0.3 is 5.32 Å². The van der Waals surface area contributed by atoms with Gasteiger partial charge in [0.2, 0.25) is 15.9 Å². The Morgan fingerprint density at radius 1 is 0.958 bits per heavy atom. The minimum absolute atomic E-state index is 0.142. The minimum atomic E-state index is -3.73. The van der Waals surface area contributed by atoms with E-state index >= 15 is 0 Å². The van der Waals surface area contributed by atoms with Crippen LogP contribution in [0.1, 0.15) is 31.0 Å². The highest BCUT2D eigenvalue weighted by molar-refractivity contribution is 7.89. The number of hydrogen-bond donors (Lipinski definition) is 2. The van der Waals surface area contributed by atoms with Crippen molar-refractivity contribution in [3.63, 3.8) is 0 Å². The number of hydrogen-bond acceptors (Lipinski definition) is 3. The predicted molar refractivity (Wildman–Crippen MR) is 94.0 cm³/mol. The fourth-order valence-electron chi connectivity index (χ4n) is 2.24. The maximum atomic E-state index is 12.3. The monoisotopic (exact) mass is 346 g/mol. The smallest absolute Gasteiger partial charge is 0.241 e. The highest BCUT2D eigenvalue weighted by Gasteiger charge is 2.23. The largest absolute Gasteiger partial charge is 0.348 e. The van der Waals surface area contributed by atoms with Crippen molar-refractivity contribution in [2.45, 2.75) is 37.8 Å². The maximum absolute atomic E-state index is 12.3. The second-order valence-electron chi connectivity index (χ2n) is 5.80. The van der Waals surface area contributed by atoms with Crippen molar-refractivity contribution in [1.82, 2.24) is 10.0 Å². The summed E-state index contributed by atoms with van der Waals surface area (Å²) in [5.74, 6) is -0.373. The van der Waals surface area contributed by atoms with Crippen LogP contribution in [0.4, 0.5) is 0 Å². The molecule has 2 atom stereocenters. The molecular weight excluding hydrogens is 324 g/mol. The quantitative estimate of drug-likeness (QED) is 0.844. The first kappa shape index (κ1) is 18.2. The lowest BCUT2D eigenvalue weighted by Gasteiger charge is -2.19. The van der Waals surface area contributed by atoms with E-state index in [1.807, 2.05) is 44.2 Å². The van der Waals surface area contributed by atoms with Crippen molar-refractivity contribution in [3.8, 4) is 0 Å². The van der Waals surface area contributed by atoms with Crippen LogP contribution in [0.2, 0.25) is 0 Å². The number of benzene rings is 2. The summed E-state index contributed by atoms with van der Waals surface area (Å²) in [6.07, 6.45) is 0. The van der Waals surface area contributed by atoms with Gasteiger partial charge in [-0.05, 0) is 38.5 Å². The van der Waals surface area contributed by atoms with Gasteiger partial charge in [0, 0.05) is 0 Å². The molecule has 0 aromatic heterocycles. The van der Waals surface area contributed by atoms with Gasteiger partial charge in [0.25, 0.3) is 0 Å². The highest BCUT2D eigenvalue weighted by atomic mass is 32.2. The molecule has 0 aliphatic carbocycles. The third-order valence-electron chi connectivity index (χ3n) is 3.71. The van der Waals surface area contributed by atoms with Gasteiger partial charge in [-0.2, -0.15) is 4.72 Å². The molecule has 2 rings (SSSR count). The Hall–Kier alpha value is -2.18. The van der Waals surface area contributed by atoms with Crippen LogP contribution >= 0.6 is 0 Å². The van der Waals surface area contributed by atoms with Crippen molar-refractivity contribution in [2.75, 3.05) is 0 Å². The lowest BCUT2D eigenvalue weighted by molar-refractivity contribution is -0.123. The van der Waals surface area contributed by atoms with E-state index in [1.165, 1.54) is 19.1 Å². The molecule has 2 aromatic carbocycles. The zero-order chi connectivity index (χ0) is 17.7. The van der Waals surface area contributed by atoms with Gasteiger partial charge in [0.1, 0.15) is 0 Å². The van der Waals surface area contributed by atoms with Crippen molar-refractivity contribution in [1.29, 1.82) is 0 Å². The van der Waals surface area contributed by atoms with E-state index in [2.05, 4.69) is 10.0 Å². The number of nitrogens with one attached hydrogen (secondary N) is 2. The number of carbonyl (C=O) groups is 1. The van der Waals surface area contributed by atoms with Crippen LogP contribution in [0.5, 0.6) is 0 Å². The molecule has 2 aromatic rings. The van der Waals surface area contributed by atoms with Gasteiger partial charge in [-0.3, -0.25) is 4.79 Å². The first-order chi connectivity index (χ1) is 11.3. The SMILES string of the molecule is Cc1ccc(S(=O)(=O)N[C@@H](C)C(=O)N[C@H](C)c2ccccc2)cc1. The Kier molecular flexibility index (Phi) is 5.75. The molecule has 6 heteroatoms. The first-order valence-electron chi connectivity index (χ1n) is 7.74. The Labute approximate surface area is 143 Å². The summed E-state index contributed by atoms with van der Waals surface area (Å²) >= 11 is 0. The summed E-state index contributed by atoms with van der Waals surface area (Å²) in [5.41, 5.74) is 1.93. The molecule has 0 aliphatic heterocycles. The Balaban J connectivity index is 2.02. The average Bonchev–Trinajstić information content (AvgIpc) is 2.55. The van der Waals surface area contributed by atoms with E-state index in [0.29, 0.717) is 0 Å². The Morgan fingerprint density at radius 3 is 2.12 bits per heavy atom. The van der Waals surface area contributed by atoms with Crippen molar-refractivity contribution in [2.24, 2.45) is 0 Å². The fourth-order valence-corrected chi connectivity index (χ4v) is 3.44. The van der Waals surface area contributed by atoms with Crippen LogP contribution in [0, 0.1) is 6.92 Å². The molecule has 1 amide bonds. The Morgan fingerprint density at radius 2 is 1.54 bits per heavy atom. The van der Waals surface area contributed by atoms with E-state index in [1.54, 1.807) is 12.1 Å². The molecule has 2 N–H and O–H groups in total. The predicted octanol–water partition coefficient (Wildman–Crippen LogP) is 2.54. The number of rotatable bonds is 6. The number of aryl methyl sites for hydroxylation is 1. The van der Waals surface area contributed by atoms with Crippen LogP contribution in [0.3, 0.4) is 0 Å². The molecule has 0 fully saturated rings. The third-order valence-corrected chi connectivity index (χ3v) is 5.27. The van der Waals surface area contributed by atoms with Crippen molar-refractivity contribution < 1.29 is 13.2 Å². The zero-order valence-electron chi connectivity index (χ0n) is 14.0. The fraction of sp³-hybridized carbons (Fsp3) is 0.278. The number of amides is 1. The second-order valence-corrected chi connectivity index (χ2v) is 7.51. The third kappa shape index (κ3) is 4.66. The molecule has 0 saturated carbocycles. The molecule has 0 saturated heterocycles. The number of carbonyl (C=O) groups excluding carboxylic acids is 1. The van der Waals surface area contributed by atoms with Crippen LogP contribution in [-0.2, 0) is 14.8 Å². The van der Waals surface area contributed by atoms with Crippen molar-refractivity contribution >= 4 is 15.9 Å². The topological polar surface area (TPSA) is 75.3 Å². The van der Waals surface area contributed by atoms with Gasteiger partial charge in [0.05, 0.1) is 17.0 Å². The summed E-state index contributed by atoms with van der Waals surface area (Å²) in [6.45, 7) is 5.26. The molecule has 5 nitrogen and oxygen atoms in total. The standard InChI is InChI=1S/C18H22N2O3S/c1-13-9-11-17(12-10-13)24(22,23)20-15(3)18(21)19-14(2)16-7-5-4-6-8-16/h4-12,14-15,20H,1-3H3,(H,19,21)/t14-,15+/m1/s1. The number of sulfonamides is 1. The molecule has 0 aliphatic rings. The Bertz CT molecular complexity index is 787. The minimum Gasteiger partial charge on any atom is -0.348 e. The summed E-state index contributed by atoms with van der Waals surface area (Å²) in [7, 11) is -3.73. The maximum Gasteiger partial charge on any atom is 0.241 e.